The van der Waals surface area contributed by atoms with Crippen LogP contribution in [0.2, 0.25) is 0 Å². The zero-order valence-corrected chi connectivity index (χ0v) is 7.41. The Morgan fingerprint density at radius 1 is 1.30 bits per heavy atom. The van der Waals surface area contributed by atoms with E-state index in [2.05, 4.69) is 12.2 Å². The fourth-order valence-electron chi connectivity index (χ4n) is 0.404. The molecule has 0 amide bonds. The number of unbranched alkanes of at least 4 members (excludes halogenated alkanes) is 1. The van der Waals surface area contributed by atoms with E-state index in [0.29, 0.717) is 6.67 Å². The molecule has 0 radical (unpaired) electrons. The van der Waals surface area contributed by atoms with Gasteiger partial charge in [0.1, 0.15) is 0 Å². The van der Waals surface area contributed by atoms with Gasteiger partial charge in [0, 0.05) is 6.67 Å². The Morgan fingerprint density at radius 2 is 1.80 bits per heavy atom. The third kappa shape index (κ3) is 24.8. The third-order valence-electron chi connectivity index (χ3n) is 0.851. The van der Waals surface area contributed by atoms with Gasteiger partial charge in [-0.2, -0.15) is 0 Å². The van der Waals surface area contributed by atoms with Gasteiger partial charge in [0.25, 0.3) is 0 Å². The molecule has 3 nitrogen and oxygen atoms in total. The highest BCUT2D eigenvalue weighted by molar-refractivity contribution is 4.38. The van der Waals surface area contributed by atoms with Crippen LogP contribution in [-0.2, 0) is 0 Å². The molecule has 0 unspecified atom stereocenters. The molecule has 0 rings (SSSR count). The summed E-state index contributed by atoms with van der Waals surface area (Å²) in [4.78, 5) is 0. The quantitative estimate of drug-likeness (QED) is 0.452. The van der Waals surface area contributed by atoms with E-state index in [9.17, 15) is 0 Å². The Labute approximate surface area is 64.3 Å². The first-order chi connectivity index (χ1) is 4.41. The van der Waals surface area contributed by atoms with E-state index in [4.69, 9.17) is 5.73 Å². The average Bonchev–Trinajstić information content (AvgIpc) is 1.94. The number of hydrogen-bond acceptors (Lipinski definition) is 2. The van der Waals surface area contributed by atoms with Gasteiger partial charge in [0.05, 0.1) is 0 Å². The monoisotopic (exact) mass is 150 g/mol. The summed E-state index contributed by atoms with van der Waals surface area (Å²) >= 11 is 0. The van der Waals surface area contributed by atoms with Crippen molar-refractivity contribution in [1.82, 2.24) is 5.32 Å². The van der Waals surface area contributed by atoms with Crippen molar-refractivity contribution >= 4 is 0 Å². The van der Waals surface area contributed by atoms with Crippen LogP contribution in [0.15, 0.2) is 0 Å². The Kier molecular flexibility index (Phi) is 38.1. The molecular weight excluding hydrogens is 128 g/mol. The molecule has 0 aliphatic heterocycles. The van der Waals surface area contributed by atoms with E-state index in [1.165, 1.54) is 12.8 Å². The first kappa shape index (κ1) is 16.5. The second kappa shape index (κ2) is 23.2. The van der Waals surface area contributed by atoms with Crippen LogP contribution >= 0.6 is 0 Å². The molecule has 0 aliphatic rings. The maximum absolute atomic E-state index is 5.16. The minimum absolute atomic E-state index is 0. The lowest BCUT2D eigenvalue weighted by Gasteiger charge is -1.95. The Bertz CT molecular complexity index is 30.8. The fourth-order valence-corrected chi connectivity index (χ4v) is 0.404. The van der Waals surface area contributed by atoms with Crippen molar-refractivity contribution in [3.8, 4) is 0 Å². The topological polar surface area (TPSA) is 69.5 Å². The number of nitrogens with one attached hydrogen (secondary N) is 1. The van der Waals surface area contributed by atoms with Crippen LogP contribution in [0.1, 0.15) is 33.6 Å². The molecule has 10 heavy (non-hydrogen) atoms. The largest absolute Gasteiger partial charge is 0.412 e. The van der Waals surface area contributed by atoms with Gasteiger partial charge in [-0.05, 0) is 13.0 Å². The van der Waals surface area contributed by atoms with E-state index in [0.717, 1.165) is 6.54 Å². The van der Waals surface area contributed by atoms with Crippen LogP contribution in [0.4, 0.5) is 0 Å². The molecule has 0 saturated carbocycles. The molecular formula is C7H22N2O. The Hall–Kier alpha value is -0.120. The molecule has 3 heteroatoms. The van der Waals surface area contributed by atoms with Crippen molar-refractivity contribution in [3.63, 3.8) is 0 Å². The molecule has 0 bridgehead atoms. The maximum atomic E-state index is 5.16. The predicted molar refractivity (Wildman–Crippen MR) is 46.9 cm³/mol. The van der Waals surface area contributed by atoms with Gasteiger partial charge in [-0.25, -0.2) is 0 Å². The molecule has 0 atom stereocenters. The van der Waals surface area contributed by atoms with Crippen LogP contribution in [0.25, 0.3) is 0 Å². The minimum atomic E-state index is 0. The van der Waals surface area contributed by atoms with E-state index < -0.39 is 0 Å². The summed E-state index contributed by atoms with van der Waals surface area (Å²) in [5.74, 6) is 0. The summed E-state index contributed by atoms with van der Waals surface area (Å²) in [6.07, 6.45) is 2.48. The van der Waals surface area contributed by atoms with E-state index >= 15 is 0 Å². The lowest BCUT2D eigenvalue weighted by molar-refractivity contribution is 0.653. The molecule has 0 fully saturated rings. The normalized spacial score (nSPS) is 7.20. The molecule has 0 aliphatic carbocycles. The molecule has 0 saturated heterocycles. The molecule has 0 spiro atoms. The Balaban J connectivity index is -0.000000149. The van der Waals surface area contributed by atoms with E-state index in [1.807, 2.05) is 13.8 Å². The molecule has 0 aromatic heterocycles. The number of nitrogens with two attached hydrogens (primary N) is 1. The second-order valence-electron chi connectivity index (χ2n) is 1.56. The van der Waals surface area contributed by atoms with Crippen molar-refractivity contribution in [2.45, 2.75) is 33.6 Å². The minimum Gasteiger partial charge on any atom is -0.412 e. The van der Waals surface area contributed by atoms with Gasteiger partial charge in [-0.15, -0.1) is 0 Å². The lowest BCUT2D eigenvalue weighted by Crippen LogP contribution is -2.22. The lowest BCUT2D eigenvalue weighted by atomic mass is 10.3. The maximum Gasteiger partial charge on any atom is 0.0428 e. The average molecular weight is 150 g/mol. The standard InChI is InChI=1S/C5H14N2.C2H6.H2O/c1-2-3-4-7-5-6;1-2;/h7H,2-6H2,1H3;1-2H3;1H2. The molecule has 5 N–H and O–H groups in total. The van der Waals surface area contributed by atoms with Crippen LogP contribution in [-0.4, -0.2) is 18.7 Å². The smallest absolute Gasteiger partial charge is 0.0428 e. The second-order valence-corrected chi connectivity index (χ2v) is 1.56. The van der Waals surface area contributed by atoms with Crippen molar-refractivity contribution in [2.75, 3.05) is 13.2 Å². The highest BCUT2D eigenvalue weighted by atomic mass is 16.0. The number of rotatable bonds is 4. The van der Waals surface area contributed by atoms with Crippen molar-refractivity contribution in [2.24, 2.45) is 5.73 Å². The van der Waals surface area contributed by atoms with Gasteiger partial charge in [0.15, 0.2) is 0 Å². The van der Waals surface area contributed by atoms with E-state index in [1.54, 1.807) is 0 Å². The van der Waals surface area contributed by atoms with Crippen LogP contribution in [0.5, 0.6) is 0 Å². The summed E-state index contributed by atoms with van der Waals surface area (Å²) < 4.78 is 0. The summed E-state index contributed by atoms with van der Waals surface area (Å²) in [7, 11) is 0. The molecule has 66 valence electrons. The van der Waals surface area contributed by atoms with Crippen LogP contribution in [0.3, 0.4) is 0 Å². The summed E-state index contributed by atoms with van der Waals surface area (Å²) in [6.45, 7) is 7.84. The van der Waals surface area contributed by atoms with Gasteiger partial charge in [-0.1, -0.05) is 27.2 Å². The van der Waals surface area contributed by atoms with Gasteiger partial charge in [0.2, 0.25) is 0 Å². The summed E-state index contributed by atoms with van der Waals surface area (Å²) in [5.41, 5.74) is 5.16. The van der Waals surface area contributed by atoms with Crippen molar-refractivity contribution in [1.29, 1.82) is 0 Å². The summed E-state index contributed by atoms with van der Waals surface area (Å²) in [6, 6.07) is 0. The zero-order valence-electron chi connectivity index (χ0n) is 7.41. The van der Waals surface area contributed by atoms with Gasteiger partial charge in [-0.3, -0.25) is 0 Å². The molecule has 0 aromatic rings. The van der Waals surface area contributed by atoms with Crippen molar-refractivity contribution < 1.29 is 5.48 Å². The highest BCUT2D eigenvalue weighted by Crippen LogP contribution is 1.79. The van der Waals surface area contributed by atoms with E-state index in [-0.39, 0.29) is 5.48 Å². The zero-order chi connectivity index (χ0) is 7.54. The Morgan fingerprint density at radius 3 is 2.10 bits per heavy atom. The summed E-state index contributed by atoms with van der Waals surface area (Å²) in [5, 5.41) is 3.03. The molecule has 0 heterocycles. The first-order valence-corrected chi connectivity index (χ1v) is 3.82. The van der Waals surface area contributed by atoms with Crippen LogP contribution in [0, 0.1) is 0 Å². The SMILES string of the molecule is CC.CCCCNCN.O. The highest BCUT2D eigenvalue weighted by Gasteiger charge is 1.77. The first-order valence-electron chi connectivity index (χ1n) is 3.82. The fraction of sp³-hybridized carbons (Fsp3) is 1.00. The predicted octanol–water partition coefficient (Wildman–Crippen LogP) is 0.494. The van der Waals surface area contributed by atoms with Crippen LogP contribution < -0.4 is 11.1 Å². The molecule has 0 aromatic carbocycles. The van der Waals surface area contributed by atoms with Gasteiger partial charge >= 0.3 is 0 Å². The third-order valence-corrected chi connectivity index (χ3v) is 0.851. The number of hydrogen-bond donors (Lipinski definition) is 2. The van der Waals surface area contributed by atoms with Crippen molar-refractivity contribution in [3.05, 3.63) is 0 Å². The van der Waals surface area contributed by atoms with Gasteiger partial charge < -0.3 is 16.5 Å².